The third-order valence-electron chi connectivity index (χ3n) is 2.75. The molecule has 0 aliphatic heterocycles. The monoisotopic (exact) mass is 248 g/mol. The number of nitrogens with one attached hydrogen (secondary N) is 1. The molecule has 4 heteroatoms. The Bertz CT molecular complexity index is 493. The highest BCUT2D eigenvalue weighted by Crippen LogP contribution is 2.17. The van der Waals surface area contributed by atoms with Gasteiger partial charge in [-0.2, -0.15) is 0 Å². The van der Waals surface area contributed by atoms with Gasteiger partial charge in [-0.1, -0.05) is 0 Å². The fraction of sp³-hybridized carbons (Fsp3) is 0.286. The molecular weight excluding hydrogens is 231 g/mol. The quantitative estimate of drug-likeness (QED) is 0.882. The van der Waals surface area contributed by atoms with Gasteiger partial charge < -0.3 is 14.6 Å². The number of hydrogen-bond acceptors (Lipinski definition) is 3. The van der Waals surface area contributed by atoms with Crippen LogP contribution in [0.15, 0.2) is 41.0 Å². The predicted octanol–water partition coefficient (Wildman–Crippen LogP) is 2.77. The van der Waals surface area contributed by atoms with Gasteiger partial charge in [0.1, 0.15) is 11.6 Å². The van der Waals surface area contributed by atoms with Crippen molar-refractivity contribution < 1.29 is 8.81 Å². The molecule has 3 nitrogen and oxygen atoms in total. The van der Waals surface area contributed by atoms with Crippen molar-refractivity contribution in [1.29, 1.82) is 0 Å². The molecule has 0 spiro atoms. The highest BCUT2D eigenvalue weighted by Gasteiger charge is 2.06. The minimum Gasteiger partial charge on any atom is -0.467 e. The van der Waals surface area contributed by atoms with Gasteiger partial charge in [0.05, 0.1) is 12.8 Å². The molecule has 96 valence electrons. The van der Waals surface area contributed by atoms with Gasteiger partial charge >= 0.3 is 0 Å². The zero-order chi connectivity index (χ0) is 13.0. The Morgan fingerprint density at radius 2 is 2.00 bits per heavy atom. The van der Waals surface area contributed by atoms with E-state index in [0.717, 1.165) is 23.6 Å². The van der Waals surface area contributed by atoms with E-state index in [0.29, 0.717) is 6.54 Å². The predicted molar refractivity (Wildman–Crippen MR) is 70.0 cm³/mol. The topological polar surface area (TPSA) is 28.4 Å². The Morgan fingerprint density at radius 3 is 2.67 bits per heavy atom. The van der Waals surface area contributed by atoms with Gasteiger partial charge in [0, 0.05) is 24.8 Å². The first kappa shape index (κ1) is 12.6. The molecule has 0 bridgehead atoms. The fourth-order valence-electron chi connectivity index (χ4n) is 1.83. The van der Waals surface area contributed by atoms with Crippen molar-refractivity contribution in [2.75, 3.05) is 19.0 Å². The van der Waals surface area contributed by atoms with Gasteiger partial charge in [-0.05, 0) is 37.4 Å². The molecule has 0 amide bonds. The first-order chi connectivity index (χ1) is 8.69. The average Bonchev–Trinajstić information content (AvgIpc) is 2.78. The number of rotatable bonds is 5. The van der Waals surface area contributed by atoms with Gasteiger partial charge in [0.2, 0.25) is 0 Å². The van der Waals surface area contributed by atoms with E-state index < -0.39 is 0 Å². The molecule has 0 unspecified atom stereocenters. The third-order valence-corrected chi connectivity index (χ3v) is 2.75. The summed E-state index contributed by atoms with van der Waals surface area (Å²) in [5.74, 6) is 0.675. The van der Waals surface area contributed by atoms with Crippen LogP contribution in [0.4, 0.5) is 10.1 Å². The highest BCUT2D eigenvalue weighted by atomic mass is 19.1. The number of nitrogens with zero attached hydrogens (tertiary/aromatic N) is 1. The zero-order valence-corrected chi connectivity index (χ0v) is 10.6. The number of halogens is 1. The van der Waals surface area contributed by atoms with Crippen LogP contribution in [-0.4, -0.2) is 14.1 Å². The summed E-state index contributed by atoms with van der Waals surface area (Å²) in [6.45, 7) is 1.46. The lowest BCUT2D eigenvalue weighted by atomic mass is 10.2. The summed E-state index contributed by atoms with van der Waals surface area (Å²) in [7, 11) is 3.85. The van der Waals surface area contributed by atoms with Crippen LogP contribution in [0, 0.1) is 5.82 Å². The molecule has 0 aliphatic rings. The van der Waals surface area contributed by atoms with Crippen molar-refractivity contribution in [2.24, 2.45) is 0 Å². The van der Waals surface area contributed by atoms with E-state index in [4.69, 9.17) is 4.42 Å². The lowest BCUT2D eigenvalue weighted by Gasteiger charge is -2.17. The maximum absolute atomic E-state index is 12.8. The van der Waals surface area contributed by atoms with Crippen molar-refractivity contribution in [3.8, 4) is 0 Å². The number of anilines is 1. The summed E-state index contributed by atoms with van der Waals surface area (Å²) >= 11 is 0. The molecule has 0 saturated heterocycles. The van der Waals surface area contributed by atoms with Crippen molar-refractivity contribution >= 4 is 5.69 Å². The third kappa shape index (κ3) is 3.11. The first-order valence-corrected chi connectivity index (χ1v) is 5.86. The van der Waals surface area contributed by atoms with Crippen molar-refractivity contribution in [1.82, 2.24) is 5.32 Å². The normalized spacial score (nSPS) is 10.6. The maximum atomic E-state index is 12.8. The lowest BCUT2D eigenvalue weighted by Crippen LogP contribution is -2.15. The molecular formula is C14H17FN2O. The van der Waals surface area contributed by atoms with Gasteiger partial charge in [-0.3, -0.25) is 0 Å². The largest absolute Gasteiger partial charge is 0.467 e. The van der Waals surface area contributed by atoms with Gasteiger partial charge in [-0.25, -0.2) is 4.39 Å². The molecule has 0 fully saturated rings. The second-order valence-electron chi connectivity index (χ2n) is 4.28. The summed E-state index contributed by atoms with van der Waals surface area (Å²) in [5, 5.41) is 3.07. The molecule has 1 aromatic carbocycles. The van der Waals surface area contributed by atoms with Gasteiger partial charge in [-0.15, -0.1) is 0 Å². The molecule has 0 saturated carbocycles. The molecule has 1 heterocycles. The smallest absolute Gasteiger partial charge is 0.123 e. The minimum absolute atomic E-state index is 0.221. The Balaban J connectivity index is 2.01. The SMILES string of the molecule is CNCc1coc(CN(C)c2ccc(F)cc2)c1. The van der Waals surface area contributed by atoms with Crippen LogP contribution in [0.25, 0.3) is 0 Å². The van der Waals surface area contributed by atoms with Crippen LogP contribution in [0.2, 0.25) is 0 Å². The van der Waals surface area contributed by atoms with Crippen LogP contribution in [0.5, 0.6) is 0 Å². The molecule has 1 aromatic heterocycles. The summed E-state index contributed by atoms with van der Waals surface area (Å²) in [6.07, 6.45) is 1.75. The molecule has 0 radical (unpaired) electrons. The second kappa shape index (κ2) is 5.69. The summed E-state index contributed by atoms with van der Waals surface area (Å²) in [4.78, 5) is 2.02. The fourth-order valence-corrected chi connectivity index (χ4v) is 1.83. The second-order valence-corrected chi connectivity index (χ2v) is 4.28. The Labute approximate surface area is 106 Å². The number of hydrogen-bond donors (Lipinski definition) is 1. The Kier molecular flexibility index (Phi) is 3.99. The molecule has 2 aromatic rings. The Morgan fingerprint density at radius 1 is 1.28 bits per heavy atom. The molecule has 0 atom stereocenters. The molecule has 18 heavy (non-hydrogen) atoms. The highest BCUT2D eigenvalue weighted by molar-refractivity contribution is 5.45. The first-order valence-electron chi connectivity index (χ1n) is 5.86. The van der Waals surface area contributed by atoms with E-state index in [1.54, 1.807) is 18.4 Å². The molecule has 0 aliphatic carbocycles. The van der Waals surface area contributed by atoms with E-state index in [2.05, 4.69) is 5.32 Å². The van der Waals surface area contributed by atoms with Crippen LogP contribution < -0.4 is 10.2 Å². The van der Waals surface area contributed by atoms with Gasteiger partial charge in [0.15, 0.2) is 0 Å². The van der Waals surface area contributed by atoms with Gasteiger partial charge in [0.25, 0.3) is 0 Å². The van der Waals surface area contributed by atoms with Crippen molar-refractivity contribution in [3.05, 3.63) is 53.7 Å². The van der Waals surface area contributed by atoms with E-state index in [1.165, 1.54) is 12.1 Å². The molecule has 2 rings (SSSR count). The average molecular weight is 248 g/mol. The maximum Gasteiger partial charge on any atom is 0.123 e. The number of furan rings is 1. The standard InChI is InChI=1S/C14H17FN2O/c1-16-8-11-7-14(18-10-11)9-17(2)13-5-3-12(15)4-6-13/h3-7,10,16H,8-9H2,1-2H3. The minimum atomic E-state index is -0.221. The van der Waals surface area contributed by atoms with Crippen molar-refractivity contribution in [2.45, 2.75) is 13.1 Å². The number of benzene rings is 1. The summed E-state index contributed by atoms with van der Waals surface area (Å²) in [5.41, 5.74) is 2.09. The van der Waals surface area contributed by atoms with Crippen LogP contribution >= 0.6 is 0 Å². The summed E-state index contributed by atoms with van der Waals surface area (Å²) in [6, 6.07) is 8.46. The summed E-state index contributed by atoms with van der Waals surface area (Å²) < 4.78 is 18.3. The van der Waals surface area contributed by atoms with E-state index in [-0.39, 0.29) is 5.82 Å². The van der Waals surface area contributed by atoms with Crippen LogP contribution in [0.1, 0.15) is 11.3 Å². The Hall–Kier alpha value is -1.81. The van der Waals surface area contributed by atoms with Crippen molar-refractivity contribution in [3.63, 3.8) is 0 Å². The zero-order valence-electron chi connectivity index (χ0n) is 10.6. The van der Waals surface area contributed by atoms with E-state index in [9.17, 15) is 4.39 Å². The van der Waals surface area contributed by atoms with Crippen LogP contribution in [-0.2, 0) is 13.1 Å². The van der Waals surface area contributed by atoms with E-state index >= 15 is 0 Å². The molecule has 1 N–H and O–H groups in total. The van der Waals surface area contributed by atoms with E-state index in [1.807, 2.05) is 25.1 Å². The lowest BCUT2D eigenvalue weighted by molar-refractivity contribution is 0.505. The van der Waals surface area contributed by atoms with Crippen LogP contribution in [0.3, 0.4) is 0 Å².